The van der Waals surface area contributed by atoms with Crippen LogP contribution in [0.2, 0.25) is 0 Å². The fourth-order valence-corrected chi connectivity index (χ4v) is 1.52. The maximum absolute atomic E-state index is 11.9. The summed E-state index contributed by atoms with van der Waals surface area (Å²) < 4.78 is 0. The van der Waals surface area contributed by atoms with Crippen LogP contribution in [0.4, 0.5) is 16.2 Å². The Morgan fingerprint density at radius 3 is 2.47 bits per heavy atom. The van der Waals surface area contributed by atoms with E-state index >= 15 is 0 Å². The Bertz CT molecular complexity index is 348. The molecule has 1 aromatic rings. The molecule has 0 bridgehead atoms. The van der Waals surface area contributed by atoms with Gasteiger partial charge in [0.05, 0.1) is 0 Å². The minimum absolute atomic E-state index is 0.0503. The molecule has 0 aromatic heterocycles. The van der Waals surface area contributed by atoms with Gasteiger partial charge in [0, 0.05) is 24.5 Å². The summed E-state index contributed by atoms with van der Waals surface area (Å²) in [5.74, 6) is 0. The van der Waals surface area contributed by atoms with E-state index in [1.807, 2.05) is 6.92 Å². The number of nitrogens with zero attached hydrogens (tertiary/aromatic N) is 1. The van der Waals surface area contributed by atoms with Crippen molar-refractivity contribution in [3.8, 4) is 0 Å². The molecule has 1 rings (SSSR count). The highest BCUT2D eigenvalue weighted by atomic mass is 16.2. The lowest BCUT2D eigenvalue weighted by Gasteiger charge is -2.21. The van der Waals surface area contributed by atoms with Gasteiger partial charge in [-0.2, -0.15) is 0 Å². The maximum atomic E-state index is 11.9. The fourth-order valence-electron chi connectivity index (χ4n) is 1.52. The Hall–Kier alpha value is -1.71. The van der Waals surface area contributed by atoms with E-state index < -0.39 is 0 Å². The molecule has 0 aliphatic carbocycles. The molecular weight excluding hydrogens is 214 g/mol. The minimum Gasteiger partial charge on any atom is -0.399 e. The van der Waals surface area contributed by atoms with Crippen molar-refractivity contribution in [1.29, 1.82) is 0 Å². The van der Waals surface area contributed by atoms with Crippen molar-refractivity contribution in [2.45, 2.75) is 26.7 Å². The van der Waals surface area contributed by atoms with Gasteiger partial charge in [-0.25, -0.2) is 4.79 Å². The molecule has 0 aliphatic heterocycles. The van der Waals surface area contributed by atoms with E-state index in [1.165, 1.54) is 0 Å². The van der Waals surface area contributed by atoms with Crippen LogP contribution in [-0.4, -0.2) is 24.0 Å². The first kappa shape index (κ1) is 13.4. The first-order valence-corrected chi connectivity index (χ1v) is 6.08. The molecule has 94 valence electrons. The Kier molecular flexibility index (Phi) is 5.33. The quantitative estimate of drug-likeness (QED) is 0.771. The van der Waals surface area contributed by atoms with Crippen LogP contribution in [0.25, 0.3) is 0 Å². The van der Waals surface area contributed by atoms with Gasteiger partial charge in [-0.15, -0.1) is 0 Å². The average molecular weight is 235 g/mol. The lowest BCUT2D eigenvalue weighted by Crippen LogP contribution is -2.35. The van der Waals surface area contributed by atoms with Crippen LogP contribution >= 0.6 is 0 Å². The average Bonchev–Trinajstić information content (AvgIpc) is 2.33. The Labute approximate surface area is 103 Å². The van der Waals surface area contributed by atoms with Crippen LogP contribution in [0.15, 0.2) is 24.3 Å². The summed E-state index contributed by atoms with van der Waals surface area (Å²) in [6, 6.07) is 7.11. The van der Waals surface area contributed by atoms with Crippen molar-refractivity contribution in [1.82, 2.24) is 4.90 Å². The zero-order valence-electron chi connectivity index (χ0n) is 10.6. The molecule has 0 saturated heterocycles. The van der Waals surface area contributed by atoms with Crippen molar-refractivity contribution >= 4 is 17.4 Å². The van der Waals surface area contributed by atoms with Crippen LogP contribution in [0.1, 0.15) is 26.7 Å². The summed E-state index contributed by atoms with van der Waals surface area (Å²) in [6.45, 7) is 5.62. The second-order valence-corrected chi connectivity index (χ2v) is 3.99. The number of rotatable bonds is 5. The molecule has 0 fully saturated rings. The van der Waals surface area contributed by atoms with Gasteiger partial charge in [0.15, 0.2) is 0 Å². The highest BCUT2D eigenvalue weighted by Gasteiger charge is 2.10. The van der Waals surface area contributed by atoms with E-state index in [2.05, 4.69) is 12.2 Å². The molecule has 0 radical (unpaired) electrons. The number of anilines is 2. The van der Waals surface area contributed by atoms with Gasteiger partial charge < -0.3 is 16.0 Å². The molecule has 0 heterocycles. The molecule has 1 aromatic carbocycles. The van der Waals surface area contributed by atoms with Crippen LogP contribution in [0.5, 0.6) is 0 Å². The van der Waals surface area contributed by atoms with Crippen molar-refractivity contribution in [3.63, 3.8) is 0 Å². The number of amides is 2. The van der Waals surface area contributed by atoms with E-state index in [4.69, 9.17) is 5.73 Å². The Morgan fingerprint density at radius 2 is 1.94 bits per heavy atom. The third-order valence-electron chi connectivity index (χ3n) is 2.61. The Morgan fingerprint density at radius 1 is 1.29 bits per heavy atom. The topological polar surface area (TPSA) is 58.4 Å². The molecule has 0 saturated carbocycles. The van der Waals surface area contributed by atoms with E-state index in [-0.39, 0.29) is 6.03 Å². The summed E-state index contributed by atoms with van der Waals surface area (Å²) in [5, 5.41) is 2.86. The van der Waals surface area contributed by atoms with E-state index in [0.29, 0.717) is 5.69 Å². The smallest absolute Gasteiger partial charge is 0.321 e. The second kappa shape index (κ2) is 6.78. The third-order valence-corrected chi connectivity index (χ3v) is 2.61. The zero-order chi connectivity index (χ0) is 12.7. The van der Waals surface area contributed by atoms with Crippen LogP contribution in [0.3, 0.4) is 0 Å². The van der Waals surface area contributed by atoms with Crippen molar-refractivity contribution in [2.75, 3.05) is 24.1 Å². The number of hydrogen-bond donors (Lipinski definition) is 2. The number of carbonyl (C=O) groups is 1. The minimum atomic E-state index is -0.0503. The van der Waals surface area contributed by atoms with E-state index in [1.54, 1.807) is 29.2 Å². The predicted molar refractivity (Wildman–Crippen MR) is 72.0 cm³/mol. The van der Waals surface area contributed by atoms with Crippen LogP contribution in [-0.2, 0) is 0 Å². The second-order valence-electron chi connectivity index (χ2n) is 3.99. The molecular formula is C13H21N3O. The standard InChI is InChI=1S/C13H21N3O/c1-3-5-10-16(4-2)13(17)15-12-8-6-11(14)7-9-12/h6-9H,3-5,10,14H2,1-2H3,(H,15,17). The number of benzene rings is 1. The molecule has 17 heavy (non-hydrogen) atoms. The molecule has 3 N–H and O–H groups in total. The fraction of sp³-hybridized carbons (Fsp3) is 0.462. The summed E-state index contributed by atoms with van der Waals surface area (Å²) in [6.07, 6.45) is 2.12. The van der Waals surface area contributed by atoms with Gasteiger partial charge in [-0.05, 0) is 37.6 Å². The summed E-state index contributed by atoms with van der Waals surface area (Å²) in [5.41, 5.74) is 7.06. The van der Waals surface area contributed by atoms with Crippen LogP contribution < -0.4 is 11.1 Å². The van der Waals surface area contributed by atoms with Gasteiger partial charge in [-0.1, -0.05) is 13.3 Å². The molecule has 4 heteroatoms. The number of unbranched alkanes of at least 4 members (excludes halogenated alkanes) is 1. The summed E-state index contributed by atoms with van der Waals surface area (Å²) in [7, 11) is 0. The number of carbonyl (C=O) groups excluding carboxylic acids is 1. The number of nitrogen functional groups attached to an aromatic ring is 1. The van der Waals surface area contributed by atoms with E-state index in [0.717, 1.165) is 31.6 Å². The number of urea groups is 1. The first-order valence-electron chi connectivity index (χ1n) is 6.08. The SMILES string of the molecule is CCCCN(CC)C(=O)Nc1ccc(N)cc1. The van der Waals surface area contributed by atoms with Gasteiger partial charge in [0.2, 0.25) is 0 Å². The number of hydrogen-bond acceptors (Lipinski definition) is 2. The number of nitrogens with one attached hydrogen (secondary N) is 1. The molecule has 0 aliphatic rings. The normalized spacial score (nSPS) is 10.0. The molecule has 0 atom stereocenters. The zero-order valence-corrected chi connectivity index (χ0v) is 10.6. The van der Waals surface area contributed by atoms with Gasteiger partial charge in [0.1, 0.15) is 0 Å². The summed E-state index contributed by atoms with van der Waals surface area (Å²) in [4.78, 5) is 13.7. The lowest BCUT2D eigenvalue weighted by molar-refractivity contribution is 0.213. The van der Waals surface area contributed by atoms with Gasteiger partial charge >= 0.3 is 6.03 Å². The van der Waals surface area contributed by atoms with Crippen molar-refractivity contribution < 1.29 is 4.79 Å². The summed E-state index contributed by atoms with van der Waals surface area (Å²) >= 11 is 0. The lowest BCUT2D eigenvalue weighted by atomic mass is 10.3. The van der Waals surface area contributed by atoms with Gasteiger partial charge in [-0.3, -0.25) is 0 Å². The van der Waals surface area contributed by atoms with Crippen LogP contribution in [0, 0.1) is 0 Å². The van der Waals surface area contributed by atoms with Crippen molar-refractivity contribution in [3.05, 3.63) is 24.3 Å². The number of nitrogens with two attached hydrogens (primary N) is 1. The molecule has 4 nitrogen and oxygen atoms in total. The molecule has 0 spiro atoms. The monoisotopic (exact) mass is 235 g/mol. The van der Waals surface area contributed by atoms with Crippen molar-refractivity contribution in [2.24, 2.45) is 0 Å². The first-order chi connectivity index (χ1) is 8.17. The predicted octanol–water partition coefficient (Wildman–Crippen LogP) is 2.92. The van der Waals surface area contributed by atoms with Gasteiger partial charge in [0.25, 0.3) is 0 Å². The highest BCUT2D eigenvalue weighted by molar-refractivity contribution is 5.89. The van der Waals surface area contributed by atoms with E-state index in [9.17, 15) is 4.79 Å². The third kappa shape index (κ3) is 4.34. The largest absolute Gasteiger partial charge is 0.399 e. The molecule has 0 unspecified atom stereocenters. The Balaban J connectivity index is 2.54. The maximum Gasteiger partial charge on any atom is 0.321 e. The molecule has 2 amide bonds. The highest BCUT2D eigenvalue weighted by Crippen LogP contribution is 2.11.